The summed E-state index contributed by atoms with van der Waals surface area (Å²) >= 11 is 18.8. The van der Waals surface area contributed by atoms with Crippen LogP contribution in [0, 0.1) is 6.92 Å². The van der Waals surface area contributed by atoms with E-state index >= 15 is 0 Å². The van der Waals surface area contributed by atoms with E-state index in [1.54, 1.807) is 0 Å². The van der Waals surface area contributed by atoms with E-state index in [4.69, 9.17) is 45.3 Å². The fourth-order valence-electron chi connectivity index (χ4n) is 5.07. The lowest BCUT2D eigenvalue weighted by Crippen LogP contribution is -2.15. The molecule has 5 nitrogen and oxygen atoms in total. The summed E-state index contributed by atoms with van der Waals surface area (Å²) in [7, 11) is 0. The number of benzene rings is 3. The maximum Gasteiger partial charge on any atom is 0.169 e. The van der Waals surface area contributed by atoms with Crippen LogP contribution >= 0.6 is 35.4 Å². The van der Waals surface area contributed by atoms with E-state index in [9.17, 15) is 0 Å². The van der Waals surface area contributed by atoms with Crippen molar-refractivity contribution in [1.29, 1.82) is 0 Å². The highest BCUT2D eigenvalue weighted by atomic mass is 35.5. The zero-order valence-corrected chi connectivity index (χ0v) is 23.2. The molecule has 0 atom stereocenters. The minimum atomic E-state index is 0.366. The molecule has 1 aliphatic heterocycles. The molecule has 0 amide bonds. The molecule has 5 aromatic rings. The lowest BCUT2D eigenvalue weighted by molar-refractivity contribution is 0.288. The molecule has 3 aromatic carbocycles. The standard InChI is InChI=1S/C30H26Cl2N4OS/c1-19-10-13-21(14-11-19)33-29(38)28-27(20-12-15-24(31)25(32)17-20)23-9-5-6-16-35-26(34-36(28)30(23)35)18-37-22-7-3-2-4-8-22/h2-4,7-8,10-15,17H,5-6,9,16,18H2,1H3,(H,33,38). The number of rotatable bonds is 6. The van der Waals surface area contributed by atoms with Gasteiger partial charge in [0.25, 0.3) is 0 Å². The average molecular weight is 562 g/mol. The third kappa shape index (κ3) is 4.68. The Morgan fingerprint density at radius 1 is 1.00 bits per heavy atom. The quantitative estimate of drug-likeness (QED) is 0.213. The Morgan fingerprint density at radius 2 is 1.79 bits per heavy atom. The Bertz CT molecular complexity index is 1640. The van der Waals surface area contributed by atoms with Gasteiger partial charge in [-0.3, -0.25) is 0 Å². The predicted octanol–water partition coefficient (Wildman–Crippen LogP) is 8.12. The first kappa shape index (κ1) is 25.0. The molecule has 8 heteroatoms. The van der Waals surface area contributed by atoms with Gasteiger partial charge in [-0.25, -0.2) is 4.52 Å². The molecule has 3 heterocycles. The van der Waals surface area contributed by atoms with Crippen molar-refractivity contribution in [2.75, 3.05) is 5.32 Å². The number of anilines is 1. The number of aryl methyl sites for hydroxylation is 3. The summed E-state index contributed by atoms with van der Waals surface area (Å²) < 4.78 is 10.4. The summed E-state index contributed by atoms with van der Waals surface area (Å²) in [5.41, 5.74) is 7.23. The van der Waals surface area contributed by atoms with Crippen LogP contribution < -0.4 is 10.1 Å². The molecule has 0 saturated carbocycles. The van der Waals surface area contributed by atoms with Crippen LogP contribution in [0.2, 0.25) is 10.0 Å². The molecule has 0 radical (unpaired) electrons. The van der Waals surface area contributed by atoms with E-state index in [1.165, 1.54) is 11.1 Å². The lowest BCUT2D eigenvalue weighted by Gasteiger charge is -2.12. The van der Waals surface area contributed by atoms with Crippen LogP contribution in [0.1, 0.15) is 35.5 Å². The minimum absolute atomic E-state index is 0.366. The summed E-state index contributed by atoms with van der Waals surface area (Å²) in [5, 5.41) is 9.55. The minimum Gasteiger partial charge on any atom is -0.486 e. The van der Waals surface area contributed by atoms with E-state index in [-0.39, 0.29) is 0 Å². The molecule has 1 aliphatic rings. The van der Waals surface area contributed by atoms with Gasteiger partial charge < -0.3 is 14.6 Å². The van der Waals surface area contributed by atoms with Gasteiger partial charge in [0.05, 0.1) is 10.0 Å². The number of nitrogens with one attached hydrogen (secondary N) is 1. The number of hydrogen-bond donors (Lipinski definition) is 1. The Labute approximate surface area is 237 Å². The van der Waals surface area contributed by atoms with Gasteiger partial charge in [-0.1, -0.05) is 77.4 Å². The van der Waals surface area contributed by atoms with Crippen LogP contribution in [0.5, 0.6) is 5.75 Å². The average Bonchev–Trinajstić information content (AvgIpc) is 3.32. The van der Waals surface area contributed by atoms with Crippen LogP contribution in [0.15, 0.2) is 72.8 Å². The predicted molar refractivity (Wildman–Crippen MR) is 159 cm³/mol. The first-order chi connectivity index (χ1) is 18.5. The van der Waals surface area contributed by atoms with Gasteiger partial charge >= 0.3 is 0 Å². The van der Waals surface area contributed by atoms with Gasteiger partial charge in [-0.2, -0.15) is 0 Å². The Hall–Kier alpha value is -3.32. The second kappa shape index (κ2) is 10.4. The van der Waals surface area contributed by atoms with Crippen LogP contribution in [0.3, 0.4) is 0 Å². The van der Waals surface area contributed by atoms with Crippen molar-refractivity contribution >= 4 is 51.7 Å². The molecule has 38 heavy (non-hydrogen) atoms. The summed E-state index contributed by atoms with van der Waals surface area (Å²) in [6, 6.07) is 23.8. The highest BCUT2D eigenvalue weighted by molar-refractivity contribution is 7.81. The highest BCUT2D eigenvalue weighted by Crippen LogP contribution is 2.39. The molecule has 0 fully saturated rings. The van der Waals surface area contributed by atoms with Crippen molar-refractivity contribution < 1.29 is 4.74 Å². The van der Waals surface area contributed by atoms with E-state index in [2.05, 4.69) is 28.9 Å². The van der Waals surface area contributed by atoms with Crippen molar-refractivity contribution in [3.63, 3.8) is 0 Å². The van der Waals surface area contributed by atoms with Crippen LogP contribution in [-0.4, -0.2) is 19.2 Å². The number of thiocarbonyl (C=S) groups is 1. The highest BCUT2D eigenvalue weighted by Gasteiger charge is 2.29. The van der Waals surface area contributed by atoms with Gasteiger partial charge in [0, 0.05) is 23.4 Å². The van der Waals surface area contributed by atoms with Crippen molar-refractivity contribution in [2.24, 2.45) is 0 Å². The van der Waals surface area contributed by atoms with Crippen LogP contribution in [0.4, 0.5) is 5.69 Å². The zero-order chi connectivity index (χ0) is 26.2. The fourth-order valence-corrected chi connectivity index (χ4v) is 5.68. The molecule has 0 bridgehead atoms. The topological polar surface area (TPSA) is 43.5 Å². The Morgan fingerprint density at radius 3 is 2.55 bits per heavy atom. The molecular weight excluding hydrogens is 535 g/mol. The summed E-state index contributed by atoms with van der Waals surface area (Å²) in [4.78, 5) is 0.594. The van der Waals surface area contributed by atoms with E-state index in [1.807, 2.05) is 65.2 Å². The lowest BCUT2D eigenvalue weighted by atomic mass is 9.98. The second-order valence-corrected chi connectivity index (χ2v) is 10.7. The monoisotopic (exact) mass is 560 g/mol. The smallest absolute Gasteiger partial charge is 0.169 e. The molecule has 0 aliphatic carbocycles. The van der Waals surface area contributed by atoms with Gasteiger partial charge in [-0.05, 0) is 68.1 Å². The van der Waals surface area contributed by atoms with Crippen molar-refractivity contribution in [3.8, 4) is 16.9 Å². The van der Waals surface area contributed by atoms with Crippen molar-refractivity contribution in [1.82, 2.24) is 14.2 Å². The first-order valence-corrected chi connectivity index (χ1v) is 13.8. The maximum atomic E-state index is 6.49. The molecule has 1 N–H and O–H groups in total. The first-order valence-electron chi connectivity index (χ1n) is 12.6. The summed E-state index contributed by atoms with van der Waals surface area (Å²) in [5.74, 6) is 1.68. The number of halogens is 2. The van der Waals surface area contributed by atoms with E-state index < -0.39 is 0 Å². The van der Waals surface area contributed by atoms with Gasteiger partial charge in [0.1, 0.15) is 28.7 Å². The molecular formula is C30H26Cl2N4OS. The SMILES string of the molecule is Cc1ccc(NC(=S)c2c(-c3ccc(Cl)c(Cl)c3)c3c4n(c(COc5ccccc5)nn24)CCCC3)cc1. The largest absolute Gasteiger partial charge is 0.486 e. The molecule has 192 valence electrons. The van der Waals surface area contributed by atoms with Gasteiger partial charge in [0.2, 0.25) is 0 Å². The van der Waals surface area contributed by atoms with E-state index in [0.29, 0.717) is 21.6 Å². The zero-order valence-electron chi connectivity index (χ0n) is 20.9. The number of aromatic nitrogens is 3. The molecule has 0 unspecified atom stereocenters. The van der Waals surface area contributed by atoms with Crippen molar-refractivity contribution in [2.45, 2.75) is 39.3 Å². The number of para-hydroxylation sites is 1. The maximum absolute atomic E-state index is 6.49. The molecule has 2 aromatic heterocycles. The van der Waals surface area contributed by atoms with Crippen molar-refractivity contribution in [3.05, 3.63) is 105 Å². The van der Waals surface area contributed by atoms with Crippen LogP contribution in [-0.2, 0) is 19.6 Å². The summed E-state index contributed by atoms with van der Waals surface area (Å²) in [6.45, 7) is 3.30. The van der Waals surface area contributed by atoms with Gasteiger partial charge in [0.15, 0.2) is 5.82 Å². The van der Waals surface area contributed by atoms with Crippen LogP contribution in [0.25, 0.3) is 16.8 Å². The molecule has 0 spiro atoms. The normalized spacial score (nSPS) is 12.9. The molecule has 6 rings (SSSR count). The van der Waals surface area contributed by atoms with E-state index in [0.717, 1.165) is 65.5 Å². The number of ether oxygens (including phenoxy) is 1. The third-order valence-electron chi connectivity index (χ3n) is 6.91. The third-order valence-corrected chi connectivity index (χ3v) is 7.94. The summed E-state index contributed by atoms with van der Waals surface area (Å²) in [6.07, 6.45) is 3.03. The number of nitrogens with zero attached hydrogens (tertiary/aromatic N) is 3. The Kier molecular flexibility index (Phi) is 6.87. The van der Waals surface area contributed by atoms with Gasteiger partial charge in [-0.15, -0.1) is 5.10 Å². The number of hydrogen-bond acceptors (Lipinski definition) is 3. The molecule has 0 saturated heterocycles. The Balaban J connectivity index is 1.51. The fraction of sp³-hybridized carbons (Fsp3) is 0.200. The second-order valence-electron chi connectivity index (χ2n) is 9.51.